The molecule has 2 heterocycles. The van der Waals surface area contributed by atoms with Crippen molar-refractivity contribution in [2.45, 2.75) is 30.4 Å². The van der Waals surface area contributed by atoms with Gasteiger partial charge < -0.3 is 19.7 Å². The van der Waals surface area contributed by atoms with E-state index in [2.05, 4.69) is 16.6 Å². The molecule has 1 amide bonds. The number of nitriles is 1. The van der Waals surface area contributed by atoms with E-state index in [-0.39, 0.29) is 22.9 Å². The minimum Gasteiger partial charge on any atom is -0.487 e. The molecule has 1 aromatic carbocycles. The van der Waals surface area contributed by atoms with Crippen molar-refractivity contribution in [2.24, 2.45) is 7.05 Å². The van der Waals surface area contributed by atoms with E-state index < -0.39 is 27.6 Å². The van der Waals surface area contributed by atoms with Crippen LogP contribution in [0.25, 0.3) is 0 Å². The van der Waals surface area contributed by atoms with Gasteiger partial charge in [0, 0.05) is 18.9 Å². The van der Waals surface area contributed by atoms with Gasteiger partial charge in [0.2, 0.25) is 10.0 Å². The molecule has 1 aliphatic rings. The van der Waals surface area contributed by atoms with Crippen molar-refractivity contribution >= 4 is 21.6 Å². The number of benzene rings is 1. The first-order valence-electron chi connectivity index (χ1n) is 9.04. The number of ether oxygens (including phenoxy) is 1. The Hall–Kier alpha value is -3.13. The van der Waals surface area contributed by atoms with E-state index in [9.17, 15) is 23.6 Å². The predicted molar refractivity (Wildman–Crippen MR) is 110 cm³/mol. The highest BCUT2D eigenvalue weighted by Crippen LogP contribution is 2.35. The summed E-state index contributed by atoms with van der Waals surface area (Å²) < 4.78 is 35.3. The highest BCUT2D eigenvalue weighted by atomic mass is 32.2. The normalized spacial score (nSPS) is 20.8. The molecule has 0 spiro atoms. The lowest BCUT2D eigenvalue weighted by molar-refractivity contribution is 0.0822. The number of rotatable bonds is 4. The fourth-order valence-corrected chi connectivity index (χ4v) is 4.80. The van der Waals surface area contributed by atoms with Crippen molar-refractivity contribution in [2.75, 3.05) is 11.9 Å². The molecule has 0 radical (unpaired) electrons. The largest absolute Gasteiger partial charge is 0.487 e. The van der Waals surface area contributed by atoms with Gasteiger partial charge in [-0.2, -0.15) is 9.98 Å². The van der Waals surface area contributed by atoms with Crippen LogP contribution in [-0.4, -0.2) is 42.2 Å². The monoisotopic (exact) mass is 430 g/mol. The van der Waals surface area contributed by atoms with Crippen LogP contribution in [0.3, 0.4) is 0 Å². The average molecular weight is 430 g/mol. The maximum atomic E-state index is 13.0. The maximum absolute atomic E-state index is 13.0. The zero-order valence-corrected chi connectivity index (χ0v) is 17.6. The fraction of sp³-hybridized carbons (Fsp3) is 0.300. The number of aromatic nitrogens is 1. The zero-order chi connectivity index (χ0) is 22.3. The molecule has 1 aliphatic heterocycles. The molecule has 3 rings (SSSR count). The minimum absolute atomic E-state index is 0.0140. The van der Waals surface area contributed by atoms with Gasteiger partial charge in [-0.25, -0.2) is 8.42 Å². The molecule has 1 aromatic heterocycles. The van der Waals surface area contributed by atoms with Gasteiger partial charge in [-0.05, 0) is 31.5 Å². The van der Waals surface area contributed by atoms with Gasteiger partial charge in [0.25, 0.3) is 5.91 Å². The van der Waals surface area contributed by atoms with E-state index in [0.29, 0.717) is 11.3 Å². The third-order valence-corrected chi connectivity index (χ3v) is 6.63. The standard InChI is InChI=1S/C20H22N4O5S/c1-5-20(13(3)25)11-29-18-16(30(27,28)23-20)10-24(4)17(18)19(26)22-15-7-6-12(2)14(8-15)9-21/h5-8,10,13,23,25H,1,11H2,2-4H3,(H,22,26)/t13-,20-/m0/s1. The van der Waals surface area contributed by atoms with Crippen molar-refractivity contribution < 1.29 is 23.1 Å². The molecule has 2 atom stereocenters. The molecule has 0 fully saturated rings. The molecule has 2 aromatic rings. The van der Waals surface area contributed by atoms with Gasteiger partial charge in [0.05, 0.1) is 17.7 Å². The Balaban J connectivity index is 2.03. The van der Waals surface area contributed by atoms with Crippen molar-refractivity contribution in [1.29, 1.82) is 5.26 Å². The number of fused-ring (bicyclic) bond motifs is 1. The molecule has 0 aliphatic carbocycles. The number of amides is 1. The first-order chi connectivity index (χ1) is 14.0. The number of aryl methyl sites for hydroxylation is 2. The molecule has 0 saturated carbocycles. The topological polar surface area (TPSA) is 133 Å². The third kappa shape index (κ3) is 3.59. The van der Waals surface area contributed by atoms with Crippen LogP contribution < -0.4 is 14.8 Å². The average Bonchev–Trinajstić information content (AvgIpc) is 2.98. The van der Waals surface area contributed by atoms with E-state index >= 15 is 0 Å². The Morgan fingerprint density at radius 1 is 1.53 bits per heavy atom. The van der Waals surface area contributed by atoms with Crippen molar-refractivity contribution in [1.82, 2.24) is 9.29 Å². The summed E-state index contributed by atoms with van der Waals surface area (Å²) in [6, 6.07) is 6.92. The number of carbonyl (C=O) groups is 1. The van der Waals surface area contributed by atoms with Crippen molar-refractivity contribution in [3.8, 4) is 11.8 Å². The van der Waals surface area contributed by atoms with Gasteiger partial charge in [-0.3, -0.25) is 4.79 Å². The van der Waals surface area contributed by atoms with Crippen LogP contribution in [-0.2, 0) is 17.1 Å². The van der Waals surface area contributed by atoms with Crippen LogP contribution >= 0.6 is 0 Å². The molecular formula is C20H22N4O5S. The van der Waals surface area contributed by atoms with E-state index in [1.165, 1.54) is 36.9 Å². The number of anilines is 1. The lowest BCUT2D eigenvalue weighted by Crippen LogP contribution is -2.56. The molecule has 3 N–H and O–H groups in total. The second-order valence-corrected chi connectivity index (χ2v) is 8.84. The number of sulfonamides is 1. The van der Waals surface area contributed by atoms with Crippen LogP contribution in [0, 0.1) is 18.3 Å². The van der Waals surface area contributed by atoms with Crippen LogP contribution in [0.4, 0.5) is 5.69 Å². The molecule has 10 heteroatoms. The molecule has 30 heavy (non-hydrogen) atoms. The van der Waals surface area contributed by atoms with Gasteiger partial charge >= 0.3 is 0 Å². The molecular weight excluding hydrogens is 408 g/mol. The molecule has 0 bridgehead atoms. The van der Waals surface area contributed by atoms with Crippen LogP contribution in [0.2, 0.25) is 0 Å². The summed E-state index contributed by atoms with van der Waals surface area (Å²) in [6.45, 7) is 6.55. The molecule has 0 unspecified atom stereocenters. The zero-order valence-electron chi connectivity index (χ0n) is 16.8. The molecule has 9 nitrogen and oxygen atoms in total. The quantitative estimate of drug-likeness (QED) is 0.629. The summed E-state index contributed by atoms with van der Waals surface area (Å²) in [5, 5.41) is 22.0. The second kappa shape index (κ2) is 7.60. The summed E-state index contributed by atoms with van der Waals surface area (Å²) >= 11 is 0. The fourth-order valence-electron chi connectivity index (χ4n) is 3.18. The number of nitrogens with zero attached hydrogens (tertiary/aromatic N) is 2. The minimum atomic E-state index is -4.12. The Morgan fingerprint density at radius 3 is 2.83 bits per heavy atom. The smallest absolute Gasteiger partial charge is 0.276 e. The summed E-state index contributed by atoms with van der Waals surface area (Å²) in [4.78, 5) is 12.7. The first-order valence-corrected chi connectivity index (χ1v) is 10.5. The van der Waals surface area contributed by atoms with Gasteiger partial charge in [-0.1, -0.05) is 12.1 Å². The van der Waals surface area contributed by atoms with E-state index in [0.717, 1.165) is 5.56 Å². The summed E-state index contributed by atoms with van der Waals surface area (Å²) in [7, 11) is -2.60. The Labute approximate surface area is 174 Å². The Morgan fingerprint density at radius 2 is 2.23 bits per heavy atom. The van der Waals surface area contributed by atoms with Crippen LogP contribution in [0.1, 0.15) is 28.5 Å². The van der Waals surface area contributed by atoms with Gasteiger partial charge in [-0.15, -0.1) is 6.58 Å². The number of hydrogen-bond donors (Lipinski definition) is 3. The summed E-state index contributed by atoms with van der Waals surface area (Å²) in [6.07, 6.45) is 1.41. The second-order valence-electron chi connectivity index (χ2n) is 7.19. The first kappa shape index (κ1) is 21.6. The number of aliphatic hydroxyl groups excluding tert-OH is 1. The summed E-state index contributed by atoms with van der Waals surface area (Å²) in [5.41, 5.74) is 0.100. The molecule has 0 saturated heterocycles. The highest BCUT2D eigenvalue weighted by molar-refractivity contribution is 7.89. The SMILES string of the molecule is C=C[C@@]1([C@H](C)O)COc2c(cn(C)c2C(=O)Nc2ccc(C)c(C#N)c2)S(=O)(=O)N1. The third-order valence-electron chi connectivity index (χ3n) is 5.11. The Bertz CT molecular complexity index is 1180. The van der Waals surface area contributed by atoms with E-state index in [4.69, 9.17) is 4.74 Å². The van der Waals surface area contributed by atoms with Gasteiger partial charge in [0.15, 0.2) is 11.4 Å². The van der Waals surface area contributed by atoms with Gasteiger partial charge in [0.1, 0.15) is 17.0 Å². The number of aliphatic hydroxyl groups is 1. The summed E-state index contributed by atoms with van der Waals surface area (Å²) in [5.74, 6) is -0.732. The van der Waals surface area contributed by atoms with E-state index in [1.54, 1.807) is 19.1 Å². The van der Waals surface area contributed by atoms with Crippen LogP contribution in [0.15, 0.2) is 41.9 Å². The van der Waals surface area contributed by atoms with Crippen molar-refractivity contribution in [3.63, 3.8) is 0 Å². The lowest BCUT2D eigenvalue weighted by atomic mass is 9.96. The highest BCUT2D eigenvalue weighted by Gasteiger charge is 2.44. The maximum Gasteiger partial charge on any atom is 0.276 e. The van der Waals surface area contributed by atoms with Crippen molar-refractivity contribution in [3.05, 3.63) is 53.9 Å². The number of nitrogens with one attached hydrogen (secondary N) is 2. The van der Waals surface area contributed by atoms with Crippen LogP contribution in [0.5, 0.6) is 5.75 Å². The molecule has 158 valence electrons. The lowest BCUT2D eigenvalue weighted by Gasteiger charge is -2.31. The predicted octanol–water partition coefficient (Wildman–Crippen LogP) is 1.43. The number of carbonyl (C=O) groups excluding carboxylic acids is 1. The Kier molecular flexibility index (Phi) is 5.47. The van der Waals surface area contributed by atoms with E-state index in [1.807, 2.05) is 6.07 Å². The number of hydrogen-bond acceptors (Lipinski definition) is 6.